The third kappa shape index (κ3) is 5.94. The normalized spacial score (nSPS) is 11.8. The first-order chi connectivity index (χ1) is 8.40. The Morgan fingerprint density at radius 1 is 1.56 bits per heavy atom. The van der Waals surface area contributed by atoms with Crippen molar-refractivity contribution in [3.8, 4) is 0 Å². The molecular weight excluding hydrogens is 271 g/mol. The van der Waals surface area contributed by atoms with Gasteiger partial charge in [0.25, 0.3) is 0 Å². The van der Waals surface area contributed by atoms with Crippen LogP contribution in [0.2, 0.25) is 0 Å². The first-order valence-corrected chi connectivity index (χ1v) is 5.88. The van der Waals surface area contributed by atoms with Crippen LogP contribution >= 0.6 is 11.3 Å². The third-order valence-electron chi connectivity index (χ3n) is 1.87. The van der Waals surface area contributed by atoms with Gasteiger partial charge in [0, 0.05) is 18.1 Å². The molecule has 9 heteroatoms. The molecule has 0 bridgehead atoms. The fraction of sp³-hybridized carbons (Fsp3) is 0.556. The molecule has 102 valence electrons. The number of nitrogens with one attached hydrogen (secondary N) is 1. The Morgan fingerprint density at radius 2 is 2.28 bits per heavy atom. The van der Waals surface area contributed by atoms with Crippen LogP contribution in [-0.2, 0) is 4.79 Å². The van der Waals surface area contributed by atoms with E-state index < -0.39 is 31.8 Å². The Labute approximate surface area is 105 Å². The Kier molecular flexibility index (Phi) is 5.51. The van der Waals surface area contributed by atoms with E-state index in [0.717, 1.165) is 4.90 Å². The Balaban J connectivity index is 2.47. The topological polar surface area (TPSA) is 65.5 Å². The van der Waals surface area contributed by atoms with Crippen LogP contribution in [0, 0.1) is 0 Å². The van der Waals surface area contributed by atoms with Gasteiger partial charge in [-0.3, -0.25) is 9.69 Å². The van der Waals surface area contributed by atoms with E-state index in [0.29, 0.717) is 5.13 Å². The number of carbonyl (C=O) groups excluding carboxylic acids is 1. The summed E-state index contributed by atoms with van der Waals surface area (Å²) in [7, 11) is 0. The van der Waals surface area contributed by atoms with Crippen molar-refractivity contribution < 1.29 is 23.1 Å². The summed E-state index contributed by atoms with van der Waals surface area (Å²) in [6.07, 6.45) is -2.93. The number of alkyl halides is 3. The van der Waals surface area contributed by atoms with E-state index in [1.807, 2.05) is 0 Å². The number of nitrogens with zero attached hydrogens (tertiary/aromatic N) is 2. The molecule has 0 unspecified atom stereocenters. The second kappa shape index (κ2) is 6.66. The second-order valence-electron chi connectivity index (χ2n) is 3.43. The van der Waals surface area contributed by atoms with Gasteiger partial charge in [-0.25, -0.2) is 4.98 Å². The third-order valence-corrected chi connectivity index (χ3v) is 2.55. The maximum atomic E-state index is 12.2. The average Bonchev–Trinajstić information content (AvgIpc) is 2.67. The van der Waals surface area contributed by atoms with Crippen molar-refractivity contribution in [3.63, 3.8) is 0 Å². The molecule has 0 saturated carbocycles. The molecule has 0 aliphatic carbocycles. The maximum absolute atomic E-state index is 12.2. The molecule has 1 aromatic rings. The van der Waals surface area contributed by atoms with Crippen LogP contribution in [0.5, 0.6) is 0 Å². The lowest BCUT2D eigenvalue weighted by Gasteiger charge is -2.21. The quantitative estimate of drug-likeness (QED) is 0.815. The molecule has 0 radical (unpaired) electrons. The molecule has 0 aliphatic rings. The van der Waals surface area contributed by atoms with Crippen molar-refractivity contribution in [2.75, 3.05) is 31.6 Å². The van der Waals surface area contributed by atoms with E-state index in [-0.39, 0.29) is 6.54 Å². The van der Waals surface area contributed by atoms with Crippen molar-refractivity contribution in [2.24, 2.45) is 0 Å². The van der Waals surface area contributed by atoms with E-state index in [4.69, 9.17) is 5.11 Å². The summed E-state index contributed by atoms with van der Waals surface area (Å²) >= 11 is 1.17. The molecule has 0 aromatic carbocycles. The first-order valence-electron chi connectivity index (χ1n) is 5.00. The van der Waals surface area contributed by atoms with E-state index in [2.05, 4.69) is 10.3 Å². The van der Waals surface area contributed by atoms with Crippen molar-refractivity contribution in [3.05, 3.63) is 11.6 Å². The lowest BCUT2D eigenvalue weighted by Crippen LogP contribution is -2.41. The summed E-state index contributed by atoms with van der Waals surface area (Å²) in [4.78, 5) is 16.0. The fourth-order valence-electron chi connectivity index (χ4n) is 1.26. The second-order valence-corrected chi connectivity index (χ2v) is 4.33. The van der Waals surface area contributed by atoms with Crippen LogP contribution < -0.4 is 5.32 Å². The lowest BCUT2D eigenvalue weighted by atomic mass is 10.4. The Hall–Kier alpha value is -1.19. The number of thiazole rings is 1. The summed E-state index contributed by atoms with van der Waals surface area (Å²) in [6, 6.07) is 0. The summed E-state index contributed by atoms with van der Waals surface area (Å²) in [5.74, 6) is -0.595. The number of amides is 1. The van der Waals surface area contributed by atoms with Crippen molar-refractivity contribution in [2.45, 2.75) is 6.18 Å². The fourth-order valence-corrected chi connectivity index (χ4v) is 1.80. The monoisotopic (exact) mass is 283 g/mol. The number of carbonyl (C=O) groups is 1. The number of hydrogen-bond donors (Lipinski definition) is 2. The molecule has 18 heavy (non-hydrogen) atoms. The number of aliphatic hydroxyl groups is 1. The maximum Gasteiger partial charge on any atom is 0.401 e. The van der Waals surface area contributed by atoms with Crippen LogP contribution in [0.15, 0.2) is 11.6 Å². The van der Waals surface area contributed by atoms with Crippen molar-refractivity contribution in [1.29, 1.82) is 0 Å². The molecular formula is C9H12F3N3O2S. The Morgan fingerprint density at radius 3 is 2.78 bits per heavy atom. The van der Waals surface area contributed by atoms with E-state index in [1.165, 1.54) is 17.5 Å². The molecule has 2 N–H and O–H groups in total. The lowest BCUT2D eigenvalue weighted by molar-refractivity contribution is -0.148. The highest BCUT2D eigenvalue weighted by Crippen LogP contribution is 2.16. The summed E-state index contributed by atoms with van der Waals surface area (Å²) in [6.45, 7) is -2.34. The number of anilines is 1. The highest BCUT2D eigenvalue weighted by molar-refractivity contribution is 7.13. The number of rotatable bonds is 6. The van der Waals surface area contributed by atoms with Gasteiger partial charge in [-0.2, -0.15) is 13.2 Å². The van der Waals surface area contributed by atoms with Gasteiger partial charge in [0.1, 0.15) is 0 Å². The van der Waals surface area contributed by atoms with Crippen LogP contribution in [-0.4, -0.2) is 53.3 Å². The number of halogens is 3. The molecule has 0 aliphatic heterocycles. The predicted molar refractivity (Wildman–Crippen MR) is 60.3 cm³/mol. The smallest absolute Gasteiger partial charge is 0.395 e. The molecule has 1 amide bonds. The molecule has 0 saturated heterocycles. The SMILES string of the molecule is O=C(CN(CCO)CC(F)(F)F)Nc1nccs1. The van der Waals surface area contributed by atoms with Gasteiger partial charge in [-0.15, -0.1) is 11.3 Å². The molecule has 1 rings (SSSR count). The van der Waals surface area contributed by atoms with E-state index >= 15 is 0 Å². The van der Waals surface area contributed by atoms with Crippen LogP contribution in [0.1, 0.15) is 0 Å². The van der Waals surface area contributed by atoms with Crippen LogP contribution in [0.25, 0.3) is 0 Å². The Bertz CT molecular complexity index is 370. The van der Waals surface area contributed by atoms with Gasteiger partial charge >= 0.3 is 6.18 Å². The standard InChI is InChI=1S/C9H12F3N3O2S/c10-9(11,12)6-15(2-3-16)5-7(17)14-8-13-1-4-18-8/h1,4,16H,2-3,5-6H2,(H,13,14,17). The molecule has 0 fully saturated rings. The predicted octanol–water partition coefficient (Wildman–Crippen LogP) is 0.938. The minimum Gasteiger partial charge on any atom is -0.395 e. The zero-order chi connectivity index (χ0) is 13.6. The molecule has 0 spiro atoms. The van der Waals surface area contributed by atoms with Gasteiger partial charge in [-0.1, -0.05) is 0 Å². The van der Waals surface area contributed by atoms with Crippen LogP contribution in [0.3, 0.4) is 0 Å². The van der Waals surface area contributed by atoms with Gasteiger partial charge in [-0.05, 0) is 0 Å². The number of aromatic nitrogens is 1. The molecule has 1 heterocycles. The highest BCUT2D eigenvalue weighted by Gasteiger charge is 2.31. The zero-order valence-electron chi connectivity index (χ0n) is 9.28. The summed E-state index contributed by atoms with van der Waals surface area (Å²) < 4.78 is 36.6. The summed E-state index contributed by atoms with van der Waals surface area (Å²) in [5, 5.41) is 13.0. The largest absolute Gasteiger partial charge is 0.401 e. The first kappa shape index (κ1) is 14.9. The van der Waals surface area contributed by atoms with Gasteiger partial charge in [0.2, 0.25) is 5.91 Å². The minimum absolute atomic E-state index is 0.217. The molecule has 1 aromatic heterocycles. The minimum atomic E-state index is -4.41. The van der Waals surface area contributed by atoms with E-state index in [9.17, 15) is 18.0 Å². The number of aliphatic hydroxyl groups excluding tert-OH is 1. The van der Waals surface area contributed by atoms with Gasteiger partial charge in [0.15, 0.2) is 5.13 Å². The summed E-state index contributed by atoms with van der Waals surface area (Å²) in [5.41, 5.74) is 0. The van der Waals surface area contributed by atoms with Crippen LogP contribution in [0.4, 0.5) is 18.3 Å². The zero-order valence-corrected chi connectivity index (χ0v) is 10.1. The van der Waals surface area contributed by atoms with Gasteiger partial charge < -0.3 is 10.4 Å². The average molecular weight is 283 g/mol. The van der Waals surface area contributed by atoms with E-state index in [1.54, 1.807) is 5.38 Å². The molecule has 0 atom stereocenters. The van der Waals surface area contributed by atoms with Crippen molar-refractivity contribution in [1.82, 2.24) is 9.88 Å². The van der Waals surface area contributed by atoms with Crippen molar-refractivity contribution >= 4 is 22.4 Å². The highest BCUT2D eigenvalue weighted by atomic mass is 32.1. The van der Waals surface area contributed by atoms with Gasteiger partial charge in [0.05, 0.1) is 19.7 Å². The molecule has 5 nitrogen and oxygen atoms in total. The number of hydrogen-bond acceptors (Lipinski definition) is 5.